The first kappa shape index (κ1) is 63.2. The van der Waals surface area contributed by atoms with Crippen LogP contribution in [0.1, 0.15) is 136 Å². The maximum absolute atomic E-state index is 12.8. The van der Waals surface area contributed by atoms with Crippen molar-refractivity contribution in [3.05, 3.63) is 95.7 Å². The maximum Gasteiger partial charge on any atom is 0.481 e. The number of aromatic nitrogens is 2. The molecule has 0 amide bonds. The van der Waals surface area contributed by atoms with Crippen LogP contribution < -0.4 is 11.4 Å². The van der Waals surface area contributed by atoms with Gasteiger partial charge in [-0.15, -0.1) is 0 Å². The van der Waals surface area contributed by atoms with E-state index in [0.29, 0.717) is 25.7 Å². The molecule has 0 saturated carbocycles. The van der Waals surface area contributed by atoms with Crippen LogP contribution in [0, 0.1) is 5.92 Å². The predicted octanol–water partition coefficient (Wildman–Crippen LogP) is 7.52. The standard InChI is InChI=1S/C49H79N3O17P2/c1-4-6-19-27-39(53)29-22-17-18-23-30-40(54)28-21-14-11-12-16-25-32-45(56)67-41(35-64-44(55)31-24-15-10-8-7-9-13-20-26-38(3)5-2)36-65-70(60,61)69-71(62,63)66-37-42-46(57)47(58)48(68-42)52-34-33-43(50)51-49(52)59/h6,12,14,16-19,21-23,29-30,33-34,38-42,46-48,53-54,57-58H,4-5,7-11,13,15,20,24-28,31-32,35-37H2,1-3H3,(H,60,61)(H,62,63)(H2,50,51,59)/b16-12-,18-17-,19-6-,21-14-,29-22+,30-23+/t38?,39-,40+,41+,42+,46+,47+,48+/m0/s1. The van der Waals surface area contributed by atoms with Gasteiger partial charge in [-0.3, -0.25) is 23.2 Å². The number of carbonyl (C=O) groups excluding carboxylic acids is 2. The highest BCUT2D eigenvalue weighted by molar-refractivity contribution is 7.61. The molecule has 402 valence electrons. The third kappa shape index (κ3) is 29.4. The normalized spacial score (nSPS) is 21.1. The van der Waals surface area contributed by atoms with Crippen molar-refractivity contribution in [2.24, 2.45) is 5.92 Å². The summed E-state index contributed by atoms with van der Waals surface area (Å²) in [5, 5.41) is 40.9. The Bertz CT molecular complexity index is 2020. The van der Waals surface area contributed by atoms with E-state index in [1.165, 1.54) is 38.2 Å². The number of hydrogen-bond donors (Lipinski definition) is 7. The summed E-state index contributed by atoms with van der Waals surface area (Å²) in [5.74, 6) is -0.728. The molecule has 0 aromatic carbocycles. The monoisotopic (exact) mass is 1040 g/mol. The molecule has 8 N–H and O–H groups in total. The lowest BCUT2D eigenvalue weighted by molar-refractivity contribution is -0.161. The fraction of sp³-hybridized carbons (Fsp3) is 0.633. The van der Waals surface area contributed by atoms with Crippen molar-refractivity contribution in [1.82, 2.24) is 9.55 Å². The number of anilines is 1. The molecule has 0 radical (unpaired) electrons. The summed E-state index contributed by atoms with van der Waals surface area (Å²) in [7, 11) is -10.9. The number of phosphoric ester groups is 2. The predicted molar refractivity (Wildman–Crippen MR) is 268 cm³/mol. The Hall–Kier alpha value is -3.88. The smallest absolute Gasteiger partial charge is 0.462 e. The molecule has 0 aliphatic carbocycles. The molecule has 22 heteroatoms. The number of rotatable bonds is 38. The molecule has 1 fully saturated rings. The molecule has 20 nitrogen and oxygen atoms in total. The van der Waals surface area contributed by atoms with Crippen LogP contribution in [-0.4, -0.2) is 108 Å². The van der Waals surface area contributed by atoms with Crippen LogP contribution in [0.2, 0.25) is 0 Å². The van der Waals surface area contributed by atoms with Gasteiger partial charge in [-0.2, -0.15) is 9.29 Å². The van der Waals surface area contributed by atoms with Gasteiger partial charge >= 0.3 is 33.3 Å². The van der Waals surface area contributed by atoms with E-state index in [1.54, 1.807) is 48.6 Å². The highest BCUT2D eigenvalue weighted by Gasteiger charge is 2.46. The number of aliphatic hydroxyl groups excluding tert-OH is 4. The van der Waals surface area contributed by atoms with Gasteiger partial charge in [-0.05, 0) is 50.5 Å². The Balaban J connectivity index is 1.88. The van der Waals surface area contributed by atoms with Crippen molar-refractivity contribution >= 4 is 33.4 Å². The molecule has 1 aliphatic rings. The Labute approximate surface area is 418 Å². The molecule has 1 aliphatic heterocycles. The van der Waals surface area contributed by atoms with E-state index in [1.807, 2.05) is 31.2 Å². The number of aliphatic hydroxyl groups is 4. The maximum atomic E-state index is 12.8. The molecular formula is C49H79N3O17P2. The molecule has 2 rings (SSSR count). The SMILES string of the molecule is CC/C=C\C[C@H](O)/C=C/C=C\C=C\[C@H](O)C/C=C\C/C=C\CCC(=O)O[C@H](COC(=O)CCCCCCCCCCC(C)CC)COP(=O)(O)OP(=O)(O)OC[C@H]1O[C@@H](n2ccc(N)nc2=O)[C@H](O)[C@@H]1O. The number of carbonyl (C=O) groups is 2. The molecule has 71 heavy (non-hydrogen) atoms. The van der Waals surface area contributed by atoms with Crippen LogP contribution in [0.25, 0.3) is 0 Å². The number of phosphoric acid groups is 2. The lowest BCUT2D eigenvalue weighted by atomic mass is 9.99. The highest BCUT2D eigenvalue weighted by atomic mass is 31.3. The van der Waals surface area contributed by atoms with Crippen molar-refractivity contribution in [3.8, 4) is 0 Å². The van der Waals surface area contributed by atoms with Crippen LogP contribution in [-0.2, 0) is 46.3 Å². The number of allylic oxidation sites excluding steroid dienone is 8. The average Bonchev–Trinajstić information content (AvgIpc) is 3.60. The van der Waals surface area contributed by atoms with E-state index in [4.69, 9.17) is 29.0 Å². The van der Waals surface area contributed by atoms with E-state index in [2.05, 4.69) is 23.1 Å². The van der Waals surface area contributed by atoms with Gasteiger partial charge in [0, 0.05) is 19.0 Å². The molecule has 1 aromatic heterocycles. The number of hydrogen-bond acceptors (Lipinski definition) is 17. The fourth-order valence-electron chi connectivity index (χ4n) is 6.78. The van der Waals surface area contributed by atoms with Gasteiger partial charge in [0.25, 0.3) is 0 Å². The first-order valence-electron chi connectivity index (χ1n) is 24.6. The molecule has 1 aromatic rings. The Morgan fingerprint density at radius 1 is 0.803 bits per heavy atom. The van der Waals surface area contributed by atoms with Crippen LogP contribution in [0.5, 0.6) is 0 Å². The Morgan fingerprint density at radius 2 is 1.41 bits per heavy atom. The van der Waals surface area contributed by atoms with Gasteiger partial charge < -0.3 is 50.2 Å². The summed E-state index contributed by atoms with van der Waals surface area (Å²) < 4.78 is 56.5. The van der Waals surface area contributed by atoms with E-state index >= 15 is 0 Å². The molecule has 0 spiro atoms. The second kappa shape index (κ2) is 36.1. The summed E-state index contributed by atoms with van der Waals surface area (Å²) in [6.45, 7) is 4.05. The minimum absolute atomic E-state index is 0.0855. The van der Waals surface area contributed by atoms with Crippen molar-refractivity contribution in [2.45, 2.75) is 173 Å². The van der Waals surface area contributed by atoms with E-state index in [0.717, 1.165) is 48.8 Å². The quantitative estimate of drug-likeness (QED) is 0.0111. The second-order valence-electron chi connectivity index (χ2n) is 17.2. The van der Waals surface area contributed by atoms with Crippen molar-refractivity contribution in [3.63, 3.8) is 0 Å². The Kier molecular flexibility index (Phi) is 32.2. The topological polar surface area (TPSA) is 306 Å². The Morgan fingerprint density at radius 3 is 2.04 bits per heavy atom. The van der Waals surface area contributed by atoms with Gasteiger partial charge in [0.05, 0.1) is 25.4 Å². The zero-order chi connectivity index (χ0) is 52.5. The minimum atomic E-state index is -5.47. The largest absolute Gasteiger partial charge is 0.481 e. The lowest BCUT2D eigenvalue weighted by Crippen LogP contribution is -2.36. The molecule has 0 bridgehead atoms. The second-order valence-corrected chi connectivity index (χ2v) is 20.3. The van der Waals surface area contributed by atoms with Crippen molar-refractivity contribution in [2.75, 3.05) is 25.6 Å². The lowest BCUT2D eigenvalue weighted by Gasteiger charge is -2.21. The number of unbranched alkanes of at least 4 members (excludes halogenated alkanes) is 7. The van der Waals surface area contributed by atoms with Crippen LogP contribution in [0.3, 0.4) is 0 Å². The van der Waals surface area contributed by atoms with Gasteiger partial charge in [-0.25, -0.2) is 13.9 Å². The molecular weight excluding hydrogens is 964 g/mol. The van der Waals surface area contributed by atoms with Crippen LogP contribution in [0.15, 0.2) is 90.0 Å². The van der Waals surface area contributed by atoms with Gasteiger partial charge in [-0.1, -0.05) is 151 Å². The summed E-state index contributed by atoms with van der Waals surface area (Å²) in [6, 6.07) is 1.23. The van der Waals surface area contributed by atoms with Crippen molar-refractivity contribution in [1.29, 1.82) is 0 Å². The molecule has 10 atom stereocenters. The van der Waals surface area contributed by atoms with Gasteiger partial charge in [0.1, 0.15) is 30.7 Å². The fourth-order valence-corrected chi connectivity index (χ4v) is 8.89. The van der Waals surface area contributed by atoms with Crippen LogP contribution >= 0.6 is 15.6 Å². The molecule has 3 unspecified atom stereocenters. The third-order valence-electron chi connectivity index (χ3n) is 11.0. The first-order chi connectivity index (χ1) is 33.9. The summed E-state index contributed by atoms with van der Waals surface area (Å²) in [5.41, 5.74) is 4.56. The first-order valence-corrected chi connectivity index (χ1v) is 27.6. The van der Waals surface area contributed by atoms with E-state index in [-0.39, 0.29) is 25.1 Å². The summed E-state index contributed by atoms with van der Waals surface area (Å²) in [4.78, 5) is 61.8. The number of nitrogens with zero attached hydrogens (tertiary/aromatic N) is 2. The van der Waals surface area contributed by atoms with Crippen LogP contribution in [0.4, 0.5) is 5.82 Å². The highest BCUT2D eigenvalue weighted by Crippen LogP contribution is 2.60. The van der Waals surface area contributed by atoms with Crippen molar-refractivity contribution < 1.29 is 76.5 Å². The minimum Gasteiger partial charge on any atom is -0.462 e. The third-order valence-corrected chi connectivity index (χ3v) is 13.6. The number of ether oxygens (including phenoxy) is 3. The average molecular weight is 1040 g/mol. The summed E-state index contributed by atoms with van der Waals surface area (Å²) in [6.07, 6.45) is 26.5. The van der Waals surface area contributed by atoms with Gasteiger partial charge in [0.15, 0.2) is 12.3 Å². The zero-order valence-corrected chi connectivity index (χ0v) is 43.2. The summed E-state index contributed by atoms with van der Waals surface area (Å²) >= 11 is 0. The van der Waals surface area contributed by atoms with Gasteiger partial charge in [0.2, 0.25) is 0 Å². The van der Waals surface area contributed by atoms with E-state index in [9.17, 15) is 53.7 Å². The van der Waals surface area contributed by atoms with E-state index < -0.39 is 95.9 Å². The molecule has 1 saturated heterocycles. The zero-order valence-electron chi connectivity index (χ0n) is 41.4. The number of esters is 2. The molecule has 2 heterocycles. The number of nitrogen functional groups attached to an aromatic ring is 1. The number of nitrogens with two attached hydrogens (primary N) is 1.